The fourth-order valence-electron chi connectivity index (χ4n) is 1.58. The molecule has 1 aromatic carbocycles. The zero-order chi connectivity index (χ0) is 12.8. The lowest BCUT2D eigenvalue weighted by Crippen LogP contribution is -2.13. The highest BCUT2D eigenvalue weighted by molar-refractivity contribution is 5.54. The van der Waals surface area contributed by atoms with Gasteiger partial charge < -0.3 is 5.32 Å². The Hall–Kier alpha value is -1.22. The van der Waals surface area contributed by atoms with Crippen LogP contribution in [0.2, 0.25) is 0 Å². The van der Waals surface area contributed by atoms with Crippen LogP contribution in [0, 0.1) is 5.92 Å². The quantitative estimate of drug-likeness (QED) is 0.822. The lowest BCUT2D eigenvalue weighted by atomic mass is 10.00. The van der Waals surface area contributed by atoms with E-state index in [9.17, 15) is 8.78 Å². The van der Waals surface area contributed by atoms with Gasteiger partial charge in [-0.3, -0.25) is 0 Å². The van der Waals surface area contributed by atoms with Gasteiger partial charge in [0.25, 0.3) is 6.43 Å². The van der Waals surface area contributed by atoms with E-state index in [4.69, 9.17) is 0 Å². The van der Waals surface area contributed by atoms with E-state index < -0.39 is 6.43 Å². The Balaban J connectivity index is 2.88. The average Bonchev–Trinajstić information content (AvgIpc) is 2.29. The van der Waals surface area contributed by atoms with Crippen molar-refractivity contribution in [2.75, 3.05) is 13.6 Å². The predicted octanol–water partition coefficient (Wildman–Crippen LogP) is 3.88. The first-order valence-electron chi connectivity index (χ1n) is 5.77. The fraction of sp³-hybridized carbons (Fsp3) is 0.429. The summed E-state index contributed by atoms with van der Waals surface area (Å²) in [6.07, 6.45) is -0.342. The van der Waals surface area contributed by atoms with Crippen LogP contribution >= 0.6 is 0 Å². The first kappa shape index (κ1) is 13.8. The molecule has 0 amide bonds. The molecule has 0 aromatic heterocycles. The second-order valence-corrected chi connectivity index (χ2v) is 4.37. The number of hydrogen-bond acceptors (Lipinski definition) is 1. The van der Waals surface area contributed by atoms with Crippen LogP contribution in [-0.2, 0) is 0 Å². The minimum atomic E-state index is -2.39. The van der Waals surface area contributed by atoms with Gasteiger partial charge in [0.1, 0.15) is 0 Å². The van der Waals surface area contributed by atoms with Gasteiger partial charge in [0, 0.05) is 12.1 Å². The summed E-state index contributed by atoms with van der Waals surface area (Å²) in [6.45, 7) is 5.06. The molecule has 3 heteroatoms. The Kier molecular flexibility index (Phi) is 5.29. The van der Waals surface area contributed by atoms with E-state index in [0.29, 0.717) is 5.92 Å². The maximum absolute atomic E-state index is 12.4. The third kappa shape index (κ3) is 4.27. The number of rotatable bonds is 5. The monoisotopic (exact) mass is 239 g/mol. The van der Waals surface area contributed by atoms with Crippen molar-refractivity contribution in [3.63, 3.8) is 0 Å². The van der Waals surface area contributed by atoms with Gasteiger partial charge in [-0.05, 0) is 18.5 Å². The number of nitrogens with one attached hydrogen (secondary N) is 1. The summed E-state index contributed by atoms with van der Waals surface area (Å²) in [5, 5.41) is 3.11. The molecule has 0 heterocycles. The Morgan fingerprint density at radius 3 is 2.24 bits per heavy atom. The second-order valence-electron chi connectivity index (χ2n) is 4.37. The molecule has 0 atom stereocenters. The summed E-state index contributed by atoms with van der Waals surface area (Å²) in [4.78, 5) is 0. The van der Waals surface area contributed by atoms with E-state index in [1.165, 1.54) is 17.7 Å². The summed E-state index contributed by atoms with van der Waals surface area (Å²) >= 11 is 0. The van der Waals surface area contributed by atoms with Gasteiger partial charge in [-0.25, -0.2) is 8.78 Å². The lowest BCUT2D eigenvalue weighted by Gasteiger charge is -2.11. The molecule has 0 unspecified atom stereocenters. The Bertz CT molecular complexity index is 366. The molecule has 1 rings (SSSR count). The molecule has 0 radical (unpaired) electrons. The smallest absolute Gasteiger partial charge is 0.263 e. The van der Waals surface area contributed by atoms with E-state index in [0.717, 1.165) is 12.1 Å². The summed E-state index contributed by atoms with van der Waals surface area (Å²) < 4.78 is 24.8. The summed E-state index contributed by atoms with van der Waals surface area (Å²) in [7, 11) is 1.90. The van der Waals surface area contributed by atoms with Crippen LogP contribution < -0.4 is 5.32 Å². The zero-order valence-corrected chi connectivity index (χ0v) is 10.5. The molecule has 1 nitrogen and oxygen atoms in total. The molecule has 0 saturated heterocycles. The van der Waals surface area contributed by atoms with Crippen molar-refractivity contribution in [3.05, 3.63) is 41.0 Å². The van der Waals surface area contributed by atoms with E-state index in [2.05, 4.69) is 25.2 Å². The highest BCUT2D eigenvalue weighted by Crippen LogP contribution is 2.20. The molecule has 0 aliphatic carbocycles. The van der Waals surface area contributed by atoms with Crippen LogP contribution in [0.1, 0.15) is 31.4 Å². The Morgan fingerprint density at radius 1 is 1.24 bits per heavy atom. The van der Waals surface area contributed by atoms with Gasteiger partial charge >= 0.3 is 0 Å². The third-order valence-electron chi connectivity index (χ3n) is 2.66. The van der Waals surface area contributed by atoms with Gasteiger partial charge in [0.05, 0.1) is 0 Å². The van der Waals surface area contributed by atoms with E-state index in [-0.39, 0.29) is 5.56 Å². The number of halogens is 2. The topological polar surface area (TPSA) is 12.0 Å². The minimum absolute atomic E-state index is 0.0712. The maximum atomic E-state index is 12.4. The third-order valence-corrected chi connectivity index (χ3v) is 2.66. The van der Waals surface area contributed by atoms with E-state index >= 15 is 0 Å². The number of likely N-dealkylation sites (N-methyl/N-ethyl adjacent to an activating group) is 1. The standard InChI is InChI=1S/C14H19F2N/c1-10(2)13(9-17-3)8-11-4-6-12(7-5-11)14(15)16/h4-8,10,14,17H,9H2,1-3H3/b13-8-. The highest BCUT2D eigenvalue weighted by Gasteiger charge is 2.06. The summed E-state index contributed by atoms with van der Waals surface area (Å²) in [6, 6.07) is 6.43. The van der Waals surface area contributed by atoms with Crippen molar-refractivity contribution in [1.29, 1.82) is 0 Å². The number of alkyl halides is 2. The van der Waals surface area contributed by atoms with Crippen LogP contribution in [0.25, 0.3) is 6.08 Å². The molecule has 1 aromatic rings. The molecule has 1 N–H and O–H groups in total. The molecule has 0 bridgehead atoms. The summed E-state index contributed by atoms with van der Waals surface area (Å²) in [5.41, 5.74) is 2.30. The molecule has 0 fully saturated rings. The van der Waals surface area contributed by atoms with Crippen molar-refractivity contribution in [2.24, 2.45) is 5.92 Å². The first-order valence-corrected chi connectivity index (χ1v) is 5.77. The van der Waals surface area contributed by atoms with Crippen LogP contribution in [-0.4, -0.2) is 13.6 Å². The average molecular weight is 239 g/mol. The van der Waals surface area contributed by atoms with Crippen molar-refractivity contribution < 1.29 is 8.78 Å². The molecule has 0 aliphatic rings. The van der Waals surface area contributed by atoms with Crippen molar-refractivity contribution in [2.45, 2.75) is 20.3 Å². The molecule has 17 heavy (non-hydrogen) atoms. The van der Waals surface area contributed by atoms with Gasteiger partial charge in [0.2, 0.25) is 0 Å². The second kappa shape index (κ2) is 6.50. The molecule has 0 spiro atoms. The van der Waals surface area contributed by atoms with Gasteiger partial charge in [-0.1, -0.05) is 49.8 Å². The van der Waals surface area contributed by atoms with Gasteiger partial charge in [-0.15, -0.1) is 0 Å². The predicted molar refractivity (Wildman–Crippen MR) is 68.1 cm³/mol. The van der Waals surface area contributed by atoms with Crippen molar-refractivity contribution in [1.82, 2.24) is 5.32 Å². The van der Waals surface area contributed by atoms with Crippen molar-refractivity contribution in [3.8, 4) is 0 Å². The summed E-state index contributed by atoms with van der Waals surface area (Å²) in [5.74, 6) is 0.442. The van der Waals surface area contributed by atoms with Crippen molar-refractivity contribution >= 4 is 6.08 Å². The first-order chi connectivity index (χ1) is 8.04. The SMILES string of the molecule is CNC/C(=C/c1ccc(C(F)F)cc1)C(C)C. The lowest BCUT2D eigenvalue weighted by molar-refractivity contribution is 0.151. The van der Waals surface area contributed by atoms with Crippen LogP contribution in [0.4, 0.5) is 8.78 Å². The van der Waals surface area contributed by atoms with E-state index in [1.54, 1.807) is 12.1 Å². The maximum Gasteiger partial charge on any atom is 0.263 e. The molecule has 0 saturated carbocycles. The van der Waals surface area contributed by atoms with Gasteiger partial charge in [0.15, 0.2) is 0 Å². The molecular formula is C14H19F2N. The van der Waals surface area contributed by atoms with E-state index in [1.807, 2.05) is 7.05 Å². The van der Waals surface area contributed by atoms with Crippen LogP contribution in [0.3, 0.4) is 0 Å². The number of benzene rings is 1. The van der Waals surface area contributed by atoms with Crippen LogP contribution in [0.5, 0.6) is 0 Å². The minimum Gasteiger partial charge on any atom is -0.316 e. The number of hydrogen-bond donors (Lipinski definition) is 1. The largest absolute Gasteiger partial charge is 0.316 e. The fourth-order valence-corrected chi connectivity index (χ4v) is 1.58. The molecular weight excluding hydrogens is 220 g/mol. The normalized spacial score (nSPS) is 12.5. The Labute approximate surface area is 102 Å². The highest BCUT2D eigenvalue weighted by atomic mass is 19.3. The molecule has 94 valence electrons. The molecule has 0 aliphatic heterocycles. The van der Waals surface area contributed by atoms with Crippen LogP contribution in [0.15, 0.2) is 29.8 Å². The zero-order valence-electron chi connectivity index (χ0n) is 10.5. The Morgan fingerprint density at radius 2 is 1.82 bits per heavy atom. The van der Waals surface area contributed by atoms with Gasteiger partial charge in [-0.2, -0.15) is 0 Å².